The van der Waals surface area contributed by atoms with Gasteiger partial charge in [0.25, 0.3) is 0 Å². The van der Waals surface area contributed by atoms with Gasteiger partial charge >= 0.3 is 0 Å². The molecule has 0 spiro atoms. The molecule has 0 bridgehead atoms. The summed E-state index contributed by atoms with van der Waals surface area (Å²) in [4.78, 5) is 12.7. The Morgan fingerprint density at radius 2 is 1.39 bits per heavy atom. The van der Waals surface area contributed by atoms with Crippen molar-refractivity contribution in [3.05, 3.63) is 102 Å². The maximum absolute atomic E-state index is 12.7. The SMILES string of the molecule is CC(=O)C1=C(c2ccccc2)NC(=S)NC1c1ccccc1-c1ccccc1. The summed E-state index contributed by atoms with van der Waals surface area (Å²) in [5, 5.41) is 7.03. The Hall–Kier alpha value is -3.24. The minimum absolute atomic E-state index is 0.00854. The van der Waals surface area contributed by atoms with E-state index in [1.165, 1.54) is 0 Å². The van der Waals surface area contributed by atoms with Crippen LogP contribution in [0.4, 0.5) is 0 Å². The predicted molar refractivity (Wildman–Crippen MR) is 118 cm³/mol. The van der Waals surface area contributed by atoms with Crippen LogP contribution in [0.25, 0.3) is 16.8 Å². The smallest absolute Gasteiger partial charge is 0.171 e. The largest absolute Gasteiger partial charge is 0.351 e. The Balaban J connectivity index is 1.92. The highest BCUT2D eigenvalue weighted by Crippen LogP contribution is 2.36. The van der Waals surface area contributed by atoms with E-state index in [0.717, 1.165) is 28.0 Å². The quantitative estimate of drug-likeness (QED) is 0.630. The molecule has 2 N–H and O–H groups in total. The van der Waals surface area contributed by atoms with Crippen molar-refractivity contribution in [3.63, 3.8) is 0 Å². The van der Waals surface area contributed by atoms with Crippen LogP contribution in [-0.2, 0) is 4.79 Å². The lowest BCUT2D eigenvalue weighted by Gasteiger charge is -2.32. The van der Waals surface area contributed by atoms with Crippen molar-refractivity contribution in [1.82, 2.24) is 10.6 Å². The van der Waals surface area contributed by atoms with Crippen LogP contribution in [0.15, 0.2) is 90.5 Å². The first-order valence-electron chi connectivity index (χ1n) is 9.17. The highest BCUT2D eigenvalue weighted by atomic mass is 32.1. The van der Waals surface area contributed by atoms with Gasteiger partial charge in [-0.1, -0.05) is 84.9 Å². The monoisotopic (exact) mass is 384 g/mol. The molecule has 0 radical (unpaired) electrons. The first-order chi connectivity index (χ1) is 13.6. The number of carbonyl (C=O) groups excluding carboxylic acids is 1. The number of Topliss-reactive ketones (excluding diaryl/α,β-unsaturated/α-hetero) is 1. The van der Waals surface area contributed by atoms with Crippen molar-refractivity contribution in [3.8, 4) is 11.1 Å². The van der Waals surface area contributed by atoms with Gasteiger partial charge < -0.3 is 10.6 Å². The van der Waals surface area contributed by atoms with Gasteiger partial charge in [0.1, 0.15) is 0 Å². The number of hydrogen-bond acceptors (Lipinski definition) is 2. The Morgan fingerprint density at radius 1 is 0.821 bits per heavy atom. The van der Waals surface area contributed by atoms with E-state index in [4.69, 9.17) is 12.2 Å². The first kappa shape index (κ1) is 18.1. The molecule has 3 aromatic rings. The van der Waals surface area contributed by atoms with E-state index in [1.807, 2.05) is 60.7 Å². The molecule has 0 aromatic heterocycles. The standard InChI is InChI=1S/C24H20N2OS/c1-16(27)21-22(18-12-6-3-7-13-18)25-24(28)26-23(21)20-15-9-8-14-19(20)17-10-4-2-5-11-17/h2-15,23H,1H3,(H2,25,26,28). The van der Waals surface area contributed by atoms with Gasteiger partial charge in [0.2, 0.25) is 0 Å². The number of benzene rings is 3. The molecule has 0 amide bonds. The molecule has 1 unspecified atom stereocenters. The molecule has 1 aliphatic rings. The van der Waals surface area contributed by atoms with Crippen molar-refractivity contribution >= 4 is 28.8 Å². The van der Waals surface area contributed by atoms with E-state index >= 15 is 0 Å². The second-order valence-corrected chi connectivity index (χ2v) is 7.10. The third-order valence-corrected chi connectivity index (χ3v) is 5.09. The lowest BCUT2D eigenvalue weighted by molar-refractivity contribution is -0.113. The highest BCUT2D eigenvalue weighted by Gasteiger charge is 2.31. The Kier molecular flexibility index (Phi) is 5.04. The van der Waals surface area contributed by atoms with Gasteiger partial charge in [0, 0.05) is 5.57 Å². The molecule has 3 nitrogen and oxygen atoms in total. The van der Waals surface area contributed by atoms with Crippen molar-refractivity contribution in [1.29, 1.82) is 0 Å². The van der Waals surface area contributed by atoms with Crippen LogP contribution < -0.4 is 10.6 Å². The summed E-state index contributed by atoms with van der Waals surface area (Å²) in [6.45, 7) is 1.61. The first-order valence-corrected chi connectivity index (χ1v) is 9.58. The number of carbonyl (C=O) groups is 1. The number of rotatable bonds is 4. The van der Waals surface area contributed by atoms with E-state index in [1.54, 1.807) is 6.92 Å². The van der Waals surface area contributed by atoms with E-state index in [-0.39, 0.29) is 11.8 Å². The fraction of sp³-hybridized carbons (Fsp3) is 0.0833. The summed E-state index contributed by atoms with van der Waals surface area (Å²) in [6.07, 6.45) is 0. The van der Waals surface area contributed by atoms with E-state index in [9.17, 15) is 4.79 Å². The van der Waals surface area contributed by atoms with Crippen molar-refractivity contribution in [2.75, 3.05) is 0 Å². The second-order valence-electron chi connectivity index (χ2n) is 6.70. The molecule has 3 aromatic carbocycles. The molecular formula is C24H20N2OS. The molecule has 1 heterocycles. The van der Waals surface area contributed by atoms with E-state index in [2.05, 4.69) is 34.9 Å². The van der Waals surface area contributed by atoms with Crippen molar-refractivity contribution in [2.24, 2.45) is 0 Å². The fourth-order valence-corrected chi connectivity index (χ4v) is 3.86. The molecule has 0 saturated carbocycles. The summed E-state index contributed by atoms with van der Waals surface area (Å²) in [5.74, 6) is 0.00854. The van der Waals surface area contributed by atoms with Crippen LogP contribution in [0, 0.1) is 0 Å². The van der Waals surface area contributed by atoms with Crippen LogP contribution >= 0.6 is 12.2 Å². The molecular weight excluding hydrogens is 364 g/mol. The molecule has 1 atom stereocenters. The highest BCUT2D eigenvalue weighted by molar-refractivity contribution is 7.80. The van der Waals surface area contributed by atoms with Crippen LogP contribution in [-0.4, -0.2) is 10.9 Å². The minimum Gasteiger partial charge on any atom is -0.351 e. The maximum Gasteiger partial charge on any atom is 0.171 e. The Morgan fingerprint density at radius 3 is 2.04 bits per heavy atom. The normalized spacial score (nSPS) is 16.3. The molecule has 4 rings (SSSR count). The van der Waals surface area contributed by atoms with Gasteiger partial charge in [0.15, 0.2) is 10.9 Å². The van der Waals surface area contributed by atoms with Crippen molar-refractivity contribution in [2.45, 2.75) is 13.0 Å². The minimum atomic E-state index is -0.321. The number of nitrogens with one attached hydrogen (secondary N) is 2. The van der Waals surface area contributed by atoms with Crippen molar-refractivity contribution < 1.29 is 4.79 Å². The second kappa shape index (κ2) is 7.79. The average molecular weight is 385 g/mol. The van der Waals surface area contributed by atoms with Gasteiger partial charge in [0.05, 0.1) is 11.7 Å². The molecule has 28 heavy (non-hydrogen) atoms. The van der Waals surface area contributed by atoms with Gasteiger partial charge in [-0.15, -0.1) is 0 Å². The van der Waals surface area contributed by atoms with Gasteiger partial charge in [-0.2, -0.15) is 0 Å². The fourth-order valence-electron chi connectivity index (χ4n) is 3.64. The summed E-state index contributed by atoms with van der Waals surface area (Å²) in [6, 6.07) is 27.9. The van der Waals surface area contributed by atoms with Crippen LogP contribution in [0.1, 0.15) is 24.1 Å². The van der Waals surface area contributed by atoms with Gasteiger partial charge in [-0.05, 0) is 41.4 Å². The Bertz CT molecular complexity index is 1060. The van der Waals surface area contributed by atoms with Crippen LogP contribution in [0.5, 0.6) is 0 Å². The summed E-state index contributed by atoms with van der Waals surface area (Å²) in [5.41, 5.74) is 5.60. The molecule has 0 aliphatic carbocycles. The third-order valence-electron chi connectivity index (χ3n) is 4.87. The topological polar surface area (TPSA) is 41.1 Å². The molecule has 1 aliphatic heterocycles. The van der Waals surface area contributed by atoms with Crippen LogP contribution in [0.3, 0.4) is 0 Å². The average Bonchev–Trinajstić information content (AvgIpc) is 2.74. The molecule has 0 fully saturated rings. The number of ketones is 1. The summed E-state index contributed by atoms with van der Waals surface area (Å²) in [7, 11) is 0. The molecule has 4 heteroatoms. The number of hydrogen-bond donors (Lipinski definition) is 2. The zero-order valence-electron chi connectivity index (χ0n) is 15.5. The molecule has 0 saturated heterocycles. The zero-order valence-corrected chi connectivity index (χ0v) is 16.3. The Labute approximate surface area is 170 Å². The number of thiocarbonyl (C=S) groups is 1. The zero-order chi connectivity index (χ0) is 19.5. The summed E-state index contributed by atoms with van der Waals surface area (Å²) >= 11 is 5.49. The van der Waals surface area contributed by atoms with E-state index in [0.29, 0.717) is 10.7 Å². The molecule has 138 valence electrons. The van der Waals surface area contributed by atoms with Gasteiger partial charge in [-0.3, -0.25) is 4.79 Å². The lowest BCUT2D eigenvalue weighted by Crippen LogP contribution is -2.44. The third kappa shape index (κ3) is 3.47. The van der Waals surface area contributed by atoms with Gasteiger partial charge in [-0.25, -0.2) is 0 Å². The lowest BCUT2D eigenvalue weighted by atomic mass is 9.86. The van der Waals surface area contributed by atoms with E-state index < -0.39 is 0 Å². The summed E-state index contributed by atoms with van der Waals surface area (Å²) < 4.78 is 0. The predicted octanol–water partition coefficient (Wildman–Crippen LogP) is 4.87. The maximum atomic E-state index is 12.7. The van der Waals surface area contributed by atoms with Crippen LogP contribution in [0.2, 0.25) is 0 Å².